The van der Waals surface area contributed by atoms with Crippen molar-refractivity contribution in [2.45, 2.75) is 39.5 Å². The average molecular weight is 433 g/mol. The summed E-state index contributed by atoms with van der Waals surface area (Å²) < 4.78 is 5.16. The van der Waals surface area contributed by atoms with Crippen molar-refractivity contribution < 1.29 is 19.4 Å². The maximum Gasteiger partial charge on any atom is 0.337 e. The van der Waals surface area contributed by atoms with E-state index in [1.54, 1.807) is 0 Å². The number of nitrogens with one attached hydrogen (secondary N) is 2. The van der Waals surface area contributed by atoms with Crippen LogP contribution in [0.3, 0.4) is 0 Å². The second-order valence-electron chi connectivity index (χ2n) is 8.22. The molecule has 3 N–H and O–H groups in total. The van der Waals surface area contributed by atoms with Crippen molar-refractivity contribution in [3.8, 4) is 5.75 Å². The molecule has 0 aliphatic carbocycles. The van der Waals surface area contributed by atoms with Crippen molar-refractivity contribution in [2.75, 3.05) is 10.6 Å². The Morgan fingerprint density at radius 1 is 0.812 bits per heavy atom. The highest BCUT2D eigenvalue weighted by molar-refractivity contribution is 5.98. The van der Waals surface area contributed by atoms with Gasteiger partial charge in [-0.2, -0.15) is 0 Å². The van der Waals surface area contributed by atoms with Crippen LogP contribution < -0.4 is 15.4 Å². The van der Waals surface area contributed by atoms with Gasteiger partial charge in [0.25, 0.3) is 6.47 Å². The lowest BCUT2D eigenvalue weighted by Gasteiger charge is -2.17. The summed E-state index contributed by atoms with van der Waals surface area (Å²) in [5.41, 5.74) is 4.62. The molecule has 0 radical (unpaired) electrons. The Labute approximate surface area is 188 Å². The van der Waals surface area contributed by atoms with Gasteiger partial charge in [-0.3, -0.25) is 4.79 Å². The number of carboxylic acids is 1. The van der Waals surface area contributed by atoms with Crippen molar-refractivity contribution in [3.63, 3.8) is 0 Å². The molecule has 6 nitrogen and oxygen atoms in total. The minimum absolute atomic E-state index is 0.0532. The molecule has 0 atom stereocenters. The Bertz CT molecular complexity index is 1090. The van der Waals surface area contributed by atoms with Gasteiger partial charge in [0.05, 0.1) is 16.9 Å². The van der Waals surface area contributed by atoms with Crippen molar-refractivity contribution >= 4 is 35.2 Å². The molecule has 3 rings (SSSR count). The molecule has 0 aliphatic heterocycles. The van der Waals surface area contributed by atoms with Gasteiger partial charge in [-0.25, -0.2) is 4.79 Å². The minimum atomic E-state index is -1.10. The van der Waals surface area contributed by atoms with Gasteiger partial charge >= 0.3 is 5.97 Å². The molecule has 0 spiro atoms. The first-order valence-corrected chi connectivity index (χ1v) is 10.5. The number of hydrogen-bond donors (Lipinski definition) is 3. The standard InChI is InChI=1S/C26H28N2O4/c1-16(2)18-5-9-20(10-6-18)27-23-14-25(32-15-29)24(13-22(23)26(30)31)28-21-11-7-19(8-12-21)17(3)4/h5-17,27-28H,1-4H3,(H,30,31). The van der Waals surface area contributed by atoms with Gasteiger partial charge in [0.2, 0.25) is 0 Å². The fraction of sp³-hybridized carbons (Fsp3) is 0.231. The summed E-state index contributed by atoms with van der Waals surface area (Å²) >= 11 is 0. The predicted molar refractivity (Wildman–Crippen MR) is 128 cm³/mol. The monoisotopic (exact) mass is 432 g/mol. The SMILES string of the molecule is CC(C)c1ccc(Nc2cc(C(=O)O)c(Nc3ccc(C(C)C)cc3)cc2OC=O)cc1. The first-order chi connectivity index (χ1) is 15.3. The smallest absolute Gasteiger partial charge is 0.337 e. The van der Waals surface area contributed by atoms with Crippen molar-refractivity contribution in [1.29, 1.82) is 0 Å². The van der Waals surface area contributed by atoms with E-state index in [2.05, 4.69) is 38.3 Å². The molecule has 3 aromatic rings. The van der Waals surface area contributed by atoms with E-state index in [-0.39, 0.29) is 11.3 Å². The molecule has 0 saturated carbocycles. The largest absolute Gasteiger partial charge is 0.478 e. The summed E-state index contributed by atoms with van der Waals surface area (Å²) in [6.07, 6.45) is 0. The first-order valence-electron chi connectivity index (χ1n) is 10.5. The highest BCUT2D eigenvalue weighted by Gasteiger charge is 2.17. The highest BCUT2D eigenvalue weighted by atomic mass is 16.5. The molecule has 3 aromatic carbocycles. The van der Waals surface area contributed by atoms with E-state index in [4.69, 9.17) is 4.74 Å². The number of carboxylic acid groups (broad SMARTS) is 1. The van der Waals surface area contributed by atoms with E-state index in [1.807, 2.05) is 48.5 Å². The Morgan fingerprint density at radius 2 is 1.28 bits per heavy atom. The van der Waals surface area contributed by atoms with Crippen LogP contribution in [0.2, 0.25) is 0 Å². The summed E-state index contributed by atoms with van der Waals surface area (Å²) in [7, 11) is 0. The molecule has 0 aliphatic rings. The van der Waals surface area contributed by atoms with Gasteiger partial charge in [0.1, 0.15) is 0 Å². The van der Waals surface area contributed by atoms with Gasteiger partial charge < -0.3 is 20.5 Å². The summed E-state index contributed by atoms with van der Waals surface area (Å²) in [6, 6.07) is 18.6. The second kappa shape index (κ2) is 10.0. The van der Waals surface area contributed by atoms with E-state index >= 15 is 0 Å². The van der Waals surface area contributed by atoms with Crippen molar-refractivity contribution in [1.82, 2.24) is 0 Å². The quantitative estimate of drug-likeness (QED) is 0.328. The number of hydrogen-bond acceptors (Lipinski definition) is 5. The molecular formula is C26H28N2O4. The summed E-state index contributed by atoms with van der Waals surface area (Å²) in [4.78, 5) is 23.1. The van der Waals surface area contributed by atoms with E-state index in [0.29, 0.717) is 29.7 Å². The fourth-order valence-electron chi connectivity index (χ4n) is 3.32. The maximum absolute atomic E-state index is 12.0. The Hall–Kier alpha value is -3.80. The molecule has 0 aromatic heterocycles. The molecule has 6 heteroatoms. The third-order valence-corrected chi connectivity index (χ3v) is 5.24. The number of benzene rings is 3. The average Bonchev–Trinajstić information content (AvgIpc) is 2.76. The van der Waals surface area contributed by atoms with Crippen LogP contribution in [0.4, 0.5) is 22.7 Å². The zero-order chi connectivity index (χ0) is 23.3. The Balaban J connectivity index is 1.95. The van der Waals surface area contributed by atoms with Crippen LogP contribution in [0.1, 0.15) is 61.0 Å². The number of ether oxygens (including phenoxy) is 1. The van der Waals surface area contributed by atoms with Crippen molar-refractivity contribution in [2.24, 2.45) is 0 Å². The van der Waals surface area contributed by atoms with Crippen LogP contribution >= 0.6 is 0 Å². The number of aromatic carboxylic acids is 1. The molecule has 0 heterocycles. The third-order valence-electron chi connectivity index (χ3n) is 5.24. The van der Waals surface area contributed by atoms with E-state index in [9.17, 15) is 14.7 Å². The first kappa shape index (κ1) is 22.9. The molecule has 0 fully saturated rings. The number of rotatable bonds is 9. The van der Waals surface area contributed by atoms with Crippen LogP contribution in [0.5, 0.6) is 5.75 Å². The topological polar surface area (TPSA) is 87.7 Å². The van der Waals surface area contributed by atoms with Crippen LogP contribution in [-0.2, 0) is 4.79 Å². The molecule has 166 valence electrons. The van der Waals surface area contributed by atoms with E-state index in [0.717, 1.165) is 11.4 Å². The summed E-state index contributed by atoms with van der Waals surface area (Å²) in [6.45, 7) is 8.76. The molecule has 32 heavy (non-hydrogen) atoms. The normalized spacial score (nSPS) is 10.8. The van der Waals surface area contributed by atoms with Gasteiger partial charge in [-0.1, -0.05) is 52.0 Å². The second-order valence-corrected chi connectivity index (χ2v) is 8.22. The van der Waals surface area contributed by atoms with E-state index < -0.39 is 5.97 Å². The number of carbonyl (C=O) groups excluding carboxylic acids is 1. The molecule has 0 bridgehead atoms. The lowest BCUT2D eigenvalue weighted by molar-refractivity contribution is -0.120. The Morgan fingerprint density at radius 3 is 1.69 bits per heavy atom. The third kappa shape index (κ3) is 5.46. The van der Waals surface area contributed by atoms with Gasteiger partial charge in [-0.15, -0.1) is 0 Å². The molecule has 0 unspecified atom stereocenters. The summed E-state index contributed by atoms with van der Waals surface area (Å²) in [5, 5.41) is 16.1. The van der Waals surface area contributed by atoms with Gasteiger partial charge in [0, 0.05) is 17.4 Å². The van der Waals surface area contributed by atoms with Crippen LogP contribution in [0.25, 0.3) is 0 Å². The van der Waals surface area contributed by atoms with E-state index in [1.165, 1.54) is 23.3 Å². The maximum atomic E-state index is 12.0. The molecule has 0 saturated heterocycles. The zero-order valence-corrected chi connectivity index (χ0v) is 18.7. The lowest BCUT2D eigenvalue weighted by atomic mass is 10.0. The zero-order valence-electron chi connectivity index (χ0n) is 18.7. The van der Waals surface area contributed by atoms with Crippen LogP contribution in [0.15, 0.2) is 60.7 Å². The van der Waals surface area contributed by atoms with Gasteiger partial charge in [0.15, 0.2) is 5.75 Å². The van der Waals surface area contributed by atoms with Crippen LogP contribution in [0, 0.1) is 0 Å². The summed E-state index contributed by atoms with van der Waals surface area (Å²) in [5.74, 6) is -0.0795. The Kier molecular flexibility index (Phi) is 7.15. The lowest BCUT2D eigenvalue weighted by Crippen LogP contribution is -2.06. The minimum Gasteiger partial charge on any atom is -0.478 e. The number of carbonyl (C=O) groups is 2. The number of anilines is 4. The molecule has 0 amide bonds. The van der Waals surface area contributed by atoms with Gasteiger partial charge in [-0.05, 0) is 53.3 Å². The molecular weight excluding hydrogens is 404 g/mol. The van der Waals surface area contributed by atoms with Crippen molar-refractivity contribution in [3.05, 3.63) is 77.4 Å². The highest BCUT2D eigenvalue weighted by Crippen LogP contribution is 2.35. The predicted octanol–water partition coefficient (Wildman–Crippen LogP) is 6.65. The van der Waals surface area contributed by atoms with Crippen LogP contribution in [-0.4, -0.2) is 17.5 Å². The fourth-order valence-corrected chi connectivity index (χ4v) is 3.32.